The molecule has 1 heterocycles. The molecule has 4 nitrogen and oxygen atoms in total. The maximum absolute atomic E-state index is 11.4. The standard InChI is InChI=1S/C11H22N2O2S/c1-15-6-2-5-12-11(14)9-13-10-3-7-16-8-4-10/h10,13H,2-9H2,1H3,(H,12,14). The van der Waals surface area contributed by atoms with Gasteiger partial charge in [-0.15, -0.1) is 0 Å². The van der Waals surface area contributed by atoms with Crippen LogP contribution in [0.1, 0.15) is 19.3 Å². The molecule has 0 atom stereocenters. The lowest BCUT2D eigenvalue weighted by Gasteiger charge is -2.22. The highest BCUT2D eigenvalue weighted by Gasteiger charge is 2.13. The molecule has 0 aromatic carbocycles. The number of carbonyl (C=O) groups excluding carboxylic acids is 1. The maximum Gasteiger partial charge on any atom is 0.233 e. The molecule has 1 aliphatic rings. The SMILES string of the molecule is COCCCNC(=O)CNC1CCSCC1. The lowest BCUT2D eigenvalue weighted by atomic mass is 10.1. The topological polar surface area (TPSA) is 50.4 Å². The summed E-state index contributed by atoms with van der Waals surface area (Å²) in [5.74, 6) is 2.52. The molecule has 1 aliphatic heterocycles. The Hall–Kier alpha value is -0.260. The summed E-state index contributed by atoms with van der Waals surface area (Å²) >= 11 is 2.00. The van der Waals surface area contributed by atoms with E-state index in [0.29, 0.717) is 25.7 Å². The van der Waals surface area contributed by atoms with Crippen LogP contribution in [0.25, 0.3) is 0 Å². The minimum absolute atomic E-state index is 0.0920. The van der Waals surface area contributed by atoms with Gasteiger partial charge < -0.3 is 15.4 Å². The van der Waals surface area contributed by atoms with E-state index >= 15 is 0 Å². The van der Waals surface area contributed by atoms with Crippen molar-refractivity contribution < 1.29 is 9.53 Å². The van der Waals surface area contributed by atoms with E-state index in [1.54, 1.807) is 7.11 Å². The van der Waals surface area contributed by atoms with Gasteiger partial charge in [0.25, 0.3) is 0 Å². The summed E-state index contributed by atoms with van der Waals surface area (Å²) in [5.41, 5.74) is 0. The van der Waals surface area contributed by atoms with Gasteiger partial charge in [0.1, 0.15) is 0 Å². The summed E-state index contributed by atoms with van der Waals surface area (Å²) in [6, 6.07) is 0.533. The van der Waals surface area contributed by atoms with Gasteiger partial charge in [0.05, 0.1) is 6.54 Å². The van der Waals surface area contributed by atoms with Gasteiger partial charge in [-0.1, -0.05) is 0 Å². The molecule has 16 heavy (non-hydrogen) atoms. The number of rotatable bonds is 7. The Morgan fingerprint density at radius 2 is 2.19 bits per heavy atom. The van der Waals surface area contributed by atoms with E-state index in [1.165, 1.54) is 24.3 Å². The van der Waals surface area contributed by atoms with Crippen LogP contribution in [0.2, 0.25) is 0 Å². The average molecular weight is 246 g/mol. The van der Waals surface area contributed by atoms with Gasteiger partial charge in [-0.2, -0.15) is 11.8 Å². The van der Waals surface area contributed by atoms with Gasteiger partial charge in [0, 0.05) is 26.3 Å². The Bertz CT molecular complexity index is 196. The van der Waals surface area contributed by atoms with Gasteiger partial charge in [0.15, 0.2) is 0 Å². The van der Waals surface area contributed by atoms with Crippen molar-refractivity contribution in [1.82, 2.24) is 10.6 Å². The highest BCUT2D eigenvalue weighted by atomic mass is 32.2. The minimum atomic E-state index is 0.0920. The predicted molar refractivity (Wildman–Crippen MR) is 67.9 cm³/mol. The van der Waals surface area contributed by atoms with Crippen molar-refractivity contribution in [3.05, 3.63) is 0 Å². The van der Waals surface area contributed by atoms with Gasteiger partial charge in [0.2, 0.25) is 5.91 Å². The molecule has 0 bridgehead atoms. The lowest BCUT2D eigenvalue weighted by Crippen LogP contribution is -2.41. The van der Waals surface area contributed by atoms with Gasteiger partial charge in [-0.05, 0) is 30.8 Å². The fourth-order valence-electron chi connectivity index (χ4n) is 1.65. The van der Waals surface area contributed by atoms with Crippen LogP contribution < -0.4 is 10.6 Å². The van der Waals surface area contributed by atoms with Crippen LogP contribution >= 0.6 is 11.8 Å². The van der Waals surface area contributed by atoms with E-state index in [0.717, 1.165) is 6.42 Å². The van der Waals surface area contributed by atoms with Crippen molar-refractivity contribution >= 4 is 17.7 Å². The Labute approximate surface area is 102 Å². The molecule has 0 spiro atoms. The predicted octanol–water partition coefficient (Wildman–Crippen LogP) is 0.624. The normalized spacial score (nSPS) is 17.3. The Morgan fingerprint density at radius 3 is 2.88 bits per heavy atom. The van der Waals surface area contributed by atoms with E-state index in [1.807, 2.05) is 11.8 Å². The van der Waals surface area contributed by atoms with Crippen molar-refractivity contribution in [2.75, 3.05) is 38.3 Å². The largest absolute Gasteiger partial charge is 0.385 e. The minimum Gasteiger partial charge on any atom is -0.385 e. The van der Waals surface area contributed by atoms with Crippen LogP contribution in [-0.4, -0.2) is 50.3 Å². The summed E-state index contributed by atoms with van der Waals surface area (Å²) in [4.78, 5) is 11.4. The van der Waals surface area contributed by atoms with E-state index in [9.17, 15) is 4.79 Å². The number of hydrogen-bond acceptors (Lipinski definition) is 4. The lowest BCUT2D eigenvalue weighted by molar-refractivity contribution is -0.120. The molecule has 5 heteroatoms. The molecule has 0 aliphatic carbocycles. The average Bonchev–Trinajstić information content (AvgIpc) is 2.33. The second-order valence-corrected chi connectivity index (χ2v) is 5.19. The van der Waals surface area contributed by atoms with E-state index < -0.39 is 0 Å². The first-order valence-corrected chi connectivity index (χ1v) is 7.05. The molecule has 1 amide bonds. The molecular weight excluding hydrogens is 224 g/mol. The molecule has 0 aromatic rings. The monoisotopic (exact) mass is 246 g/mol. The summed E-state index contributed by atoms with van der Waals surface area (Å²) < 4.78 is 4.91. The molecule has 1 saturated heterocycles. The highest BCUT2D eigenvalue weighted by molar-refractivity contribution is 7.99. The van der Waals surface area contributed by atoms with Crippen molar-refractivity contribution in [3.8, 4) is 0 Å². The molecule has 1 fully saturated rings. The molecule has 0 radical (unpaired) electrons. The van der Waals surface area contributed by atoms with Crippen molar-refractivity contribution in [1.29, 1.82) is 0 Å². The van der Waals surface area contributed by atoms with E-state index in [-0.39, 0.29) is 5.91 Å². The molecule has 94 valence electrons. The number of carbonyl (C=O) groups is 1. The van der Waals surface area contributed by atoms with Crippen LogP contribution in [0.15, 0.2) is 0 Å². The van der Waals surface area contributed by atoms with E-state index in [2.05, 4.69) is 10.6 Å². The fourth-order valence-corrected chi connectivity index (χ4v) is 2.75. The second kappa shape index (κ2) is 8.84. The Balaban J connectivity index is 1.96. The van der Waals surface area contributed by atoms with Crippen LogP contribution in [0, 0.1) is 0 Å². The zero-order valence-electron chi connectivity index (χ0n) is 9.96. The number of ether oxygens (including phenoxy) is 1. The molecule has 0 aromatic heterocycles. The molecule has 2 N–H and O–H groups in total. The fraction of sp³-hybridized carbons (Fsp3) is 0.909. The van der Waals surface area contributed by atoms with Crippen LogP contribution in [0.4, 0.5) is 0 Å². The summed E-state index contributed by atoms with van der Waals surface area (Å²) in [6.07, 6.45) is 3.24. The highest BCUT2D eigenvalue weighted by Crippen LogP contribution is 2.16. The van der Waals surface area contributed by atoms with Crippen LogP contribution in [0.5, 0.6) is 0 Å². The quantitative estimate of drug-likeness (QED) is 0.647. The first kappa shape index (κ1) is 13.8. The number of hydrogen-bond donors (Lipinski definition) is 2. The van der Waals surface area contributed by atoms with Crippen molar-refractivity contribution in [3.63, 3.8) is 0 Å². The zero-order valence-corrected chi connectivity index (χ0v) is 10.8. The van der Waals surface area contributed by atoms with Crippen molar-refractivity contribution in [2.24, 2.45) is 0 Å². The molecule has 0 saturated carbocycles. The number of thioether (sulfide) groups is 1. The first-order chi connectivity index (χ1) is 7.83. The van der Waals surface area contributed by atoms with Gasteiger partial charge >= 0.3 is 0 Å². The van der Waals surface area contributed by atoms with Crippen molar-refractivity contribution in [2.45, 2.75) is 25.3 Å². The zero-order chi connectivity index (χ0) is 11.6. The number of methoxy groups -OCH3 is 1. The van der Waals surface area contributed by atoms with Gasteiger partial charge in [-0.25, -0.2) is 0 Å². The summed E-state index contributed by atoms with van der Waals surface area (Å²) in [7, 11) is 1.67. The van der Waals surface area contributed by atoms with E-state index in [4.69, 9.17) is 4.74 Å². The Kier molecular flexibility index (Phi) is 7.63. The molecular formula is C11H22N2O2S. The van der Waals surface area contributed by atoms with Crippen LogP contribution in [-0.2, 0) is 9.53 Å². The number of nitrogens with one attached hydrogen (secondary N) is 2. The Morgan fingerprint density at radius 1 is 1.44 bits per heavy atom. The smallest absolute Gasteiger partial charge is 0.233 e. The van der Waals surface area contributed by atoms with Gasteiger partial charge in [-0.3, -0.25) is 4.79 Å². The summed E-state index contributed by atoms with van der Waals surface area (Å²) in [5, 5.41) is 6.18. The third-order valence-corrected chi connectivity index (χ3v) is 3.67. The first-order valence-electron chi connectivity index (χ1n) is 5.89. The third-order valence-electron chi connectivity index (χ3n) is 2.62. The molecule has 0 unspecified atom stereocenters. The molecule has 1 rings (SSSR count). The second-order valence-electron chi connectivity index (χ2n) is 3.96. The third kappa shape index (κ3) is 6.35. The maximum atomic E-state index is 11.4. The number of amides is 1. The summed E-state index contributed by atoms with van der Waals surface area (Å²) in [6.45, 7) is 1.85. The van der Waals surface area contributed by atoms with Crippen LogP contribution in [0.3, 0.4) is 0 Å².